The summed E-state index contributed by atoms with van der Waals surface area (Å²) in [6.07, 6.45) is 3.44. The zero-order valence-corrected chi connectivity index (χ0v) is 11.5. The SMILES string of the molecule is Cc1ccc(N2CCOCC2)nc1-c1cncc(N)c1. The lowest BCUT2D eigenvalue weighted by Gasteiger charge is -2.28. The molecule has 0 aromatic carbocycles. The number of rotatable bonds is 2. The van der Waals surface area contributed by atoms with Gasteiger partial charge in [-0.05, 0) is 24.6 Å². The summed E-state index contributed by atoms with van der Waals surface area (Å²) in [5.74, 6) is 0.983. The number of nitrogens with zero attached hydrogens (tertiary/aromatic N) is 3. The number of hydrogen-bond acceptors (Lipinski definition) is 5. The van der Waals surface area contributed by atoms with E-state index in [1.807, 2.05) is 6.07 Å². The van der Waals surface area contributed by atoms with Crippen LogP contribution in [0.1, 0.15) is 5.56 Å². The normalized spacial score (nSPS) is 15.3. The number of aryl methyl sites for hydroxylation is 1. The van der Waals surface area contributed by atoms with Crippen LogP contribution >= 0.6 is 0 Å². The maximum atomic E-state index is 5.81. The molecule has 3 rings (SSSR count). The molecule has 3 heterocycles. The van der Waals surface area contributed by atoms with Gasteiger partial charge in [0.15, 0.2) is 0 Å². The number of pyridine rings is 2. The molecule has 0 saturated carbocycles. The van der Waals surface area contributed by atoms with E-state index in [1.165, 1.54) is 0 Å². The molecule has 0 radical (unpaired) electrons. The molecule has 2 aromatic rings. The van der Waals surface area contributed by atoms with Crippen LogP contribution in [0.15, 0.2) is 30.6 Å². The summed E-state index contributed by atoms with van der Waals surface area (Å²) in [4.78, 5) is 11.2. The van der Waals surface area contributed by atoms with Crippen molar-refractivity contribution in [2.24, 2.45) is 0 Å². The highest BCUT2D eigenvalue weighted by Gasteiger charge is 2.14. The Kier molecular flexibility index (Phi) is 3.52. The van der Waals surface area contributed by atoms with E-state index >= 15 is 0 Å². The third-order valence-electron chi connectivity index (χ3n) is 3.45. The Morgan fingerprint density at radius 1 is 1.20 bits per heavy atom. The highest BCUT2D eigenvalue weighted by molar-refractivity contribution is 5.67. The number of anilines is 2. The van der Waals surface area contributed by atoms with Gasteiger partial charge in [0.05, 0.1) is 24.6 Å². The van der Waals surface area contributed by atoms with Gasteiger partial charge in [0.25, 0.3) is 0 Å². The lowest BCUT2D eigenvalue weighted by atomic mass is 10.1. The van der Waals surface area contributed by atoms with E-state index < -0.39 is 0 Å². The first kappa shape index (κ1) is 12.9. The molecule has 20 heavy (non-hydrogen) atoms. The second kappa shape index (κ2) is 5.46. The number of hydrogen-bond donors (Lipinski definition) is 1. The van der Waals surface area contributed by atoms with Crippen molar-refractivity contribution in [1.82, 2.24) is 9.97 Å². The fraction of sp³-hybridized carbons (Fsp3) is 0.333. The molecule has 5 nitrogen and oxygen atoms in total. The second-order valence-corrected chi connectivity index (χ2v) is 4.94. The van der Waals surface area contributed by atoms with Crippen molar-refractivity contribution < 1.29 is 4.74 Å². The minimum Gasteiger partial charge on any atom is -0.397 e. The van der Waals surface area contributed by atoms with E-state index in [4.69, 9.17) is 15.5 Å². The first-order valence-electron chi connectivity index (χ1n) is 6.75. The van der Waals surface area contributed by atoms with Gasteiger partial charge < -0.3 is 15.4 Å². The molecule has 2 aromatic heterocycles. The number of ether oxygens (including phenoxy) is 1. The molecule has 2 N–H and O–H groups in total. The van der Waals surface area contributed by atoms with E-state index in [-0.39, 0.29) is 0 Å². The molecule has 1 aliphatic rings. The van der Waals surface area contributed by atoms with Gasteiger partial charge in [-0.15, -0.1) is 0 Å². The molecule has 1 fully saturated rings. The fourth-order valence-corrected chi connectivity index (χ4v) is 2.37. The topological polar surface area (TPSA) is 64.3 Å². The Hall–Kier alpha value is -2.14. The Morgan fingerprint density at radius 2 is 2.00 bits per heavy atom. The number of nitrogens with two attached hydrogens (primary N) is 1. The highest BCUT2D eigenvalue weighted by Crippen LogP contribution is 2.25. The average molecular weight is 270 g/mol. The van der Waals surface area contributed by atoms with Gasteiger partial charge in [-0.25, -0.2) is 4.98 Å². The summed E-state index contributed by atoms with van der Waals surface area (Å²) in [7, 11) is 0. The van der Waals surface area contributed by atoms with Crippen LogP contribution in [0.5, 0.6) is 0 Å². The van der Waals surface area contributed by atoms with E-state index in [9.17, 15) is 0 Å². The van der Waals surface area contributed by atoms with Gasteiger partial charge >= 0.3 is 0 Å². The maximum Gasteiger partial charge on any atom is 0.129 e. The molecule has 5 heteroatoms. The maximum absolute atomic E-state index is 5.81. The molecule has 1 aliphatic heterocycles. The van der Waals surface area contributed by atoms with Crippen LogP contribution in [0.3, 0.4) is 0 Å². The summed E-state index contributed by atoms with van der Waals surface area (Å²) in [5.41, 5.74) is 9.48. The minimum absolute atomic E-state index is 0.653. The predicted octanol–water partition coefficient (Wildman–Crippen LogP) is 1.87. The van der Waals surface area contributed by atoms with Gasteiger partial charge in [0.1, 0.15) is 5.82 Å². The van der Waals surface area contributed by atoms with Gasteiger partial charge in [0, 0.05) is 31.0 Å². The van der Waals surface area contributed by atoms with Crippen molar-refractivity contribution in [2.75, 3.05) is 36.9 Å². The summed E-state index contributed by atoms with van der Waals surface area (Å²) in [5, 5.41) is 0. The van der Waals surface area contributed by atoms with Crippen LogP contribution in [0.4, 0.5) is 11.5 Å². The Morgan fingerprint density at radius 3 is 2.75 bits per heavy atom. The van der Waals surface area contributed by atoms with Crippen LogP contribution in [-0.4, -0.2) is 36.3 Å². The summed E-state index contributed by atoms with van der Waals surface area (Å²) in [6.45, 7) is 5.32. The van der Waals surface area contributed by atoms with Crippen LogP contribution in [-0.2, 0) is 4.74 Å². The van der Waals surface area contributed by atoms with Crippen molar-refractivity contribution in [1.29, 1.82) is 0 Å². The lowest BCUT2D eigenvalue weighted by Crippen LogP contribution is -2.36. The molecule has 0 atom stereocenters. The smallest absolute Gasteiger partial charge is 0.129 e. The molecule has 0 aliphatic carbocycles. The van der Waals surface area contributed by atoms with Crippen molar-refractivity contribution in [3.8, 4) is 11.3 Å². The van der Waals surface area contributed by atoms with Crippen molar-refractivity contribution in [3.63, 3.8) is 0 Å². The lowest BCUT2D eigenvalue weighted by molar-refractivity contribution is 0.122. The van der Waals surface area contributed by atoms with Crippen LogP contribution in [0, 0.1) is 6.92 Å². The van der Waals surface area contributed by atoms with Crippen molar-refractivity contribution in [2.45, 2.75) is 6.92 Å². The Bertz CT molecular complexity index is 609. The molecule has 1 saturated heterocycles. The molecule has 104 valence electrons. The quantitative estimate of drug-likeness (QED) is 0.902. The van der Waals surface area contributed by atoms with E-state index in [0.29, 0.717) is 5.69 Å². The predicted molar refractivity (Wildman–Crippen MR) is 79.6 cm³/mol. The first-order valence-corrected chi connectivity index (χ1v) is 6.75. The molecular formula is C15H18N4O. The van der Waals surface area contributed by atoms with Gasteiger partial charge in [-0.1, -0.05) is 6.07 Å². The first-order chi connectivity index (χ1) is 9.74. The molecule has 0 bridgehead atoms. The third kappa shape index (κ3) is 2.58. The number of aromatic nitrogens is 2. The van der Waals surface area contributed by atoms with Crippen LogP contribution < -0.4 is 10.6 Å². The van der Waals surface area contributed by atoms with Crippen LogP contribution in [0.25, 0.3) is 11.3 Å². The minimum atomic E-state index is 0.653. The fourth-order valence-electron chi connectivity index (χ4n) is 2.37. The molecule has 0 spiro atoms. The zero-order valence-electron chi connectivity index (χ0n) is 11.5. The second-order valence-electron chi connectivity index (χ2n) is 4.94. The van der Waals surface area contributed by atoms with Crippen LogP contribution in [0.2, 0.25) is 0 Å². The standard InChI is InChI=1S/C15H18N4O/c1-11-2-3-14(19-4-6-20-7-5-19)18-15(11)12-8-13(16)10-17-9-12/h2-3,8-10H,4-7,16H2,1H3. The van der Waals surface area contributed by atoms with Crippen molar-refractivity contribution >= 4 is 11.5 Å². The van der Waals surface area contributed by atoms with Gasteiger partial charge in [-0.3, -0.25) is 4.98 Å². The Balaban J connectivity index is 1.98. The van der Waals surface area contributed by atoms with E-state index in [2.05, 4.69) is 28.9 Å². The number of nitrogen functional groups attached to an aromatic ring is 1. The third-order valence-corrected chi connectivity index (χ3v) is 3.45. The van der Waals surface area contributed by atoms with E-state index in [0.717, 1.165) is 48.9 Å². The van der Waals surface area contributed by atoms with Crippen molar-refractivity contribution in [3.05, 3.63) is 36.2 Å². The number of morpholine rings is 1. The largest absolute Gasteiger partial charge is 0.397 e. The molecule has 0 amide bonds. The van der Waals surface area contributed by atoms with E-state index in [1.54, 1.807) is 12.4 Å². The molecular weight excluding hydrogens is 252 g/mol. The summed E-state index contributed by atoms with van der Waals surface area (Å²) >= 11 is 0. The summed E-state index contributed by atoms with van der Waals surface area (Å²) in [6, 6.07) is 6.06. The van der Waals surface area contributed by atoms with Gasteiger partial charge in [0.2, 0.25) is 0 Å². The van der Waals surface area contributed by atoms with Gasteiger partial charge in [-0.2, -0.15) is 0 Å². The molecule has 0 unspecified atom stereocenters. The average Bonchev–Trinajstić information content (AvgIpc) is 2.48. The highest BCUT2D eigenvalue weighted by atomic mass is 16.5. The zero-order chi connectivity index (χ0) is 13.9. The monoisotopic (exact) mass is 270 g/mol. The Labute approximate surface area is 118 Å². The summed E-state index contributed by atoms with van der Waals surface area (Å²) < 4.78 is 5.38.